The summed E-state index contributed by atoms with van der Waals surface area (Å²) >= 11 is 0. The van der Waals surface area contributed by atoms with Crippen molar-refractivity contribution >= 4 is 11.6 Å². The fourth-order valence-electron chi connectivity index (χ4n) is 5.11. The summed E-state index contributed by atoms with van der Waals surface area (Å²) in [5, 5.41) is 3.94. The quantitative estimate of drug-likeness (QED) is 0.349. The van der Waals surface area contributed by atoms with Gasteiger partial charge in [0.2, 0.25) is 0 Å². The monoisotopic (exact) mass is 510 g/mol. The van der Waals surface area contributed by atoms with Gasteiger partial charge in [0, 0.05) is 55.0 Å². The number of hydrogen-bond donors (Lipinski definition) is 0. The van der Waals surface area contributed by atoms with Gasteiger partial charge in [-0.15, -0.1) is 0 Å². The van der Waals surface area contributed by atoms with Crippen LogP contribution >= 0.6 is 0 Å². The predicted octanol–water partition coefficient (Wildman–Crippen LogP) is 5.35. The summed E-state index contributed by atoms with van der Waals surface area (Å²) in [5.74, 6) is 0.186. The first-order chi connectivity index (χ1) is 17.8. The largest absolute Gasteiger partial charge is 0.469 e. The third-order valence-corrected chi connectivity index (χ3v) is 6.97. The first-order valence-corrected chi connectivity index (χ1v) is 12.0. The second kappa shape index (κ2) is 8.79. The summed E-state index contributed by atoms with van der Waals surface area (Å²) in [7, 11) is 0. The first kappa shape index (κ1) is 23.3. The predicted molar refractivity (Wildman–Crippen MR) is 128 cm³/mol. The van der Waals surface area contributed by atoms with Gasteiger partial charge in [-0.3, -0.25) is 4.79 Å². The van der Waals surface area contributed by atoms with Crippen LogP contribution in [-0.2, 0) is 19.0 Å². The van der Waals surface area contributed by atoms with Gasteiger partial charge in [0.25, 0.3) is 5.91 Å². The fraction of sp³-hybridized carbons (Fsp3) is 0.259. The molecule has 1 aliphatic carbocycles. The van der Waals surface area contributed by atoms with Crippen LogP contribution in [-0.4, -0.2) is 46.8 Å². The van der Waals surface area contributed by atoms with E-state index in [9.17, 15) is 22.4 Å². The lowest BCUT2D eigenvalue weighted by Gasteiger charge is -2.36. The molecule has 0 atom stereocenters. The maximum atomic E-state index is 13.8. The number of benzene rings is 2. The van der Waals surface area contributed by atoms with Crippen LogP contribution in [0.2, 0.25) is 0 Å². The van der Waals surface area contributed by atoms with E-state index in [0.29, 0.717) is 60.9 Å². The number of amides is 1. The van der Waals surface area contributed by atoms with Crippen LogP contribution in [0.4, 0.5) is 23.2 Å². The van der Waals surface area contributed by atoms with Crippen LogP contribution in [0.5, 0.6) is 0 Å². The number of hydrogen-bond acceptors (Lipinski definition) is 4. The summed E-state index contributed by atoms with van der Waals surface area (Å²) in [5.41, 5.74) is 2.01. The van der Waals surface area contributed by atoms with Gasteiger partial charge < -0.3 is 14.2 Å². The maximum Gasteiger partial charge on any atom is 0.435 e. The Morgan fingerprint density at radius 2 is 1.54 bits per heavy atom. The van der Waals surface area contributed by atoms with E-state index >= 15 is 0 Å². The molecule has 0 unspecified atom stereocenters. The van der Waals surface area contributed by atoms with Gasteiger partial charge in [-0.25, -0.2) is 9.07 Å². The number of carbonyl (C=O) groups excluding carboxylic acids is 1. The molecular weight excluding hydrogens is 488 g/mol. The van der Waals surface area contributed by atoms with Crippen molar-refractivity contribution in [3.05, 3.63) is 89.3 Å². The molecule has 4 aromatic rings. The summed E-state index contributed by atoms with van der Waals surface area (Å²) in [6.07, 6.45) is -2.54. The van der Waals surface area contributed by atoms with Crippen molar-refractivity contribution in [1.82, 2.24) is 14.7 Å². The molecule has 1 amide bonds. The fourth-order valence-corrected chi connectivity index (χ4v) is 5.11. The lowest BCUT2D eigenvalue weighted by atomic mass is 9.94. The molecule has 1 saturated heterocycles. The van der Waals surface area contributed by atoms with Crippen molar-refractivity contribution < 1.29 is 26.8 Å². The standard InChI is InChI=1S/C27H22F4N4O2/c28-18-3-7-19(8-4-18)33-12-14-34(15-13-33)26(36)17-1-5-20(6-2-17)35-24-21-11-16-37-23(21)10-9-22(24)25(32-35)27(29,30)31/h1-8,11,16H,9-10,12-15H2. The van der Waals surface area contributed by atoms with Gasteiger partial charge in [0.05, 0.1) is 17.6 Å². The molecule has 3 heterocycles. The molecule has 0 spiro atoms. The zero-order valence-corrected chi connectivity index (χ0v) is 19.6. The molecule has 2 aliphatic rings. The van der Waals surface area contributed by atoms with E-state index in [-0.39, 0.29) is 23.7 Å². The van der Waals surface area contributed by atoms with Crippen LogP contribution in [0.3, 0.4) is 0 Å². The molecule has 1 aliphatic heterocycles. The Morgan fingerprint density at radius 3 is 2.22 bits per heavy atom. The minimum atomic E-state index is -4.58. The van der Waals surface area contributed by atoms with Crippen molar-refractivity contribution in [1.29, 1.82) is 0 Å². The van der Waals surface area contributed by atoms with E-state index in [2.05, 4.69) is 10.00 Å². The number of aryl methyl sites for hydroxylation is 1. The van der Waals surface area contributed by atoms with E-state index < -0.39 is 11.9 Å². The molecule has 0 saturated carbocycles. The Bertz CT molecular complexity index is 1450. The number of rotatable bonds is 3. The molecule has 2 aromatic heterocycles. The number of piperazine rings is 1. The topological polar surface area (TPSA) is 54.5 Å². The molecule has 37 heavy (non-hydrogen) atoms. The smallest absolute Gasteiger partial charge is 0.435 e. The average Bonchev–Trinajstić information content (AvgIpc) is 3.54. The summed E-state index contributed by atoms with van der Waals surface area (Å²) in [6.45, 7) is 2.23. The second-order valence-corrected chi connectivity index (χ2v) is 9.15. The molecule has 190 valence electrons. The Kier molecular flexibility index (Phi) is 5.54. The van der Waals surface area contributed by atoms with E-state index in [1.54, 1.807) is 47.4 Å². The third kappa shape index (κ3) is 4.16. The zero-order chi connectivity index (χ0) is 25.7. The van der Waals surface area contributed by atoms with Crippen molar-refractivity contribution in [2.45, 2.75) is 19.0 Å². The second-order valence-electron chi connectivity index (χ2n) is 9.15. The highest BCUT2D eigenvalue weighted by Crippen LogP contribution is 2.42. The Hall–Kier alpha value is -4.08. The van der Waals surface area contributed by atoms with Gasteiger partial charge in [-0.2, -0.15) is 18.3 Å². The molecule has 0 N–H and O–H groups in total. The molecular formula is C27H22F4N4O2. The SMILES string of the molecule is O=C(c1ccc(-n2nc(C(F)(F)F)c3c2-c2ccoc2CC3)cc1)N1CCN(c2ccc(F)cc2)CC1. The molecule has 1 fully saturated rings. The van der Waals surface area contributed by atoms with E-state index in [4.69, 9.17) is 4.42 Å². The van der Waals surface area contributed by atoms with Gasteiger partial charge in [0.1, 0.15) is 11.6 Å². The maximum absolute atomic E-state index is 13.8. The van der Waals surface area contributed by atoms with Crippen LogP contribution in [0.15, 0.2) is 65.3 Å². The number of halogens is 4. The highest BCUT2D eigenvalue weighted by atomic mass is 19.4. The number of aromatic nitrogens is 2. The van der Waals surface area contributed by atoms with Crippen LogP contribution < -0.4 is 4.90 Å². The number of anilines is 1. The van der Waals surface area contributed by atoms with Gasteiger partial charge in [0.15, 0.2) is 5.69 Å². The van der Waals surface area contributed by atoms with Crippen LogP contribution in [0.25, 0.3) is 16.9 Å². The van der Waals surface area contributed by atoms with Crippen LogP contribution in [0, 0.1) is 5.82 Å². The normalized spacial score (nSPS) is 15.5. The van der Waals surface area contributed by atoms with E-state index in [0.717, 1.165) is 5.69 Å². The van der Waals surface area contributed by atoms with Crippen LogP contribution in [0.1, 0.15) is 27.4 Å². The minimum absolute atomic E-state index is 0.152. The van der Waals surface area contributed by atoms with E-state index in [1.807, 2.05) is 0 Å². The zero-order valence-electron chi connectivity index (χ0n) is 19.6. The number of furan rings is 1. The summed E-state index contributed by atoms with van der Waals surface area (Å²) in [6, 6.07) is 14.4. The van der Waals surface area contributed by atoms with E-state index in [1.165, 1.54) is 23.1 Å². The van der Waals surface area contributed by atoms with Gasteiger partial charge in [-0.05, 0) is 61.0 Å². The first-order valence-electron chi connectivity index (χ1n) is 12.0. The van der Waals surface area contributed by atoms with Gasteiger partial charge >= 0.3 is 6.18 Å². The average molecular weight is 510 g/mol. The number of alkyl halides is 3. The molecule has 10 heteroatoms. The third-order valence-electron chi connectivity index (χ3n) is 6.97. The van der Waals surface area contributed by atoms with Crippen molar-refractivity contribution in [3.8, 4) is 16.9 Å². The molecule has 0 radical (unpaired) electrons. The Balaban J connectivity index is 1.23. The molecule has 6 nitrogen and oxygen atoms in total. The Labute approximate surface area is 209 Å². The Morgan fingerprint density at radius 1 is 0.865 bits per heavy atom. The van der Waals surface area contributed by atoms with Crippen molar-refractivity contribution in [2.75, 3.05) is 31.1 Å². The highest BCUT2D eigenvalue weighted by molar-refractivity contribution is 5.94. The molecule has 6 rings (SSSR count). The van der Waals surface area contributed by atoms with Crippen molar-refractivity contribution in [3.63, 3.8) is 0 Å². The lowest BCUT2D eigenvalue weighted by Crippen LogP contribution is -2.48. The lowest BCUT2D eigenvalue weighted by molar-refractivity contribution is -0.142. The molecule has 2 aromatic carbocycles. The number of fused-ring (bicyclic) bond motifs is 3. The minimum Gasteiger partial charge on any atom is -0.469 e. The number of carbonyl (C=O) groups is 1. The highest BCUT2D eigenvalue weighted by Gasteiger charge is 2.41. The summed E-state index contributed by atoms with van der Waals surface area (Å²) in [4.78, 5) is 16.9. The summed E-state index contributed by atoms with van der Waals surface area (Å²) < 4.78 is 61.3. The number of nitrogens with zero attached hydrogens (tertiary/aromatic N) is 4. The molecule has 0 bridgehead atoms. The van der Waals surface area contributed by atoms with Crippen molar-refractivity contribution in [2.24, 2.45) is 0 Å². The van der Waals surface area contributed by atoms with Gasteiger partial charge in [-0.1, -0.05) is 0 Å².